The molecule has 0 fully saturated rings. The highest BCUT2D eigenvalue weighted by Gasteiger charge is 2.33. The molecule has 2 aliphatic rings. The third-order valence-corrected chi connectivity index (χ3v) is 6.44. The van der Waals surface area contributed by atoms with Gasteiger partial charge < -0.3 is 9.47 Å². The number of carbonyl (C=O) groups is 2. The smallest absolute Gasteiger partial charge is 0.238 e. The summed E-state index contributed by atoms with van der Waals surface area (Å²) in [6.45, 7) is 3.04. The average Bonchev–Trinajstić information content (AvgIpc) is 3.30. The number of ketones is 1. The molecule has 4 heterocycles. The highest BCUT2D eigenvalue weighted by atomic mass is 16.5. The van der Waals surface area contributed by atoms with Gasteiger partial charge in [-0.3, -0.25) is 19.2 Å². The molecule has 35 heavy (non-hydrogen) atoms. The lowest BCUT2D eigenvalue weighted by atomic mass is 10.0. The lowest BCUT2D eigenvalue weighted by molar-refractivity contribution is -0.122. The van der Waals surface area contributed by atoms with Crippen molar-refractivity contribution < 1.29 is 19.1 Å². The van der Waals surface area contributed by atoms with E-state index in [2.05, 4.69) is 10.1 Å². The number of nitrogens with zero attached hydrogens (tertiary/aromatic N) is 4. The number of fused-ring (bicyclic) bond motifs is 2. The number of ether oxygens (including phenoxy) is 2. The Bertz CT molecular complexity index is 1250. The monoisotopic (exact) mass is 472 g/mol. The van der Waals surface area contributed by atoms with Crippen LogP contribution in [0.1, 0.15) is 47.6 Å². The first kappa shape index (κ1) is 23.0. The molecular weight excluding hydrogens is 444 g/mol. The Labute approximate surface area is 204 Å². The van der Waals surface area contributed by atoms with Crippen molar-refractivity contribution in [1.29, 1.82) is 0 Å². The van der Waals surface area contributed by atoms with Gasteiger partial charge in [0, 0.05) is 19.7 Å². The fourth-order valence-corrected chi connectivity index (χ4v) is 4.55. The second kappa shape index (κ2) is 9.84. The number of hydrogen-bond acceptors (Lipinski definition) is 6. The number of allylic oxidation sites excluding steroid dienone is 1. The van der Waals surface area contributed by atoms with Gasteiger partial charge in [-0.1, -0.05) is 42.5 Å². The summed E-state index contributed by atoms with van der Waals surface area (Å²) in [6, 6.07) is 15.4. The van der Waals surface area contributed by atoms with E-state index < -0.39 is 5.92 Å². The van der Waals surface area contributed by atoms with Gasteiger partial charge in [-0.25, -0.2) is 4.98 Å². The number of aromatic nitrogens is 3. The zero-order chi connectivity index (χ0) is 24.4. The molecular formula is C27H28N4O4. The number of amides is 1. The Morgan fingerprint density at radius 1 is 1.20 bits per heavy atom. The van der Waals surface area contributed by atoms with E-state index in [-0.39, 0.29) is 23.9 Å². The number of hydrogen-bond donors (Lipinski definition) is 0. The number of carbonyl (C=O) groups excluding carboxylic acids is 2. The van der Waals surface area contributed by atoms with E-state index >= 15 is 0 Å². The van der Waals surface area contributed by atoms with Crippen molar-refractivity contribution in [1.82, 2.24) is 14.8 Å². The Morgan fingerprint density at radius 2 is 2.03 bits per heavy atom. The summed E-state index contributed by atoms with van der Waals surface area (Å²) < 4.78 is 13.8. The average molecular weight is 473 g/mol. The Kier molecular flexibility index (Phi) is 6.46. The van der Waals surface area contributed by atoms with E-state index in [0.717, 1.165) is 11.3 Å². The highest BCUT2D eigenvalue weighted by molar-refractivity contribution is 5.97. The summed E-state index contributed by atoms with van der Waals surface area (Å²) in [7, 11) is 1.70. The number of anilines is 1. The molecule has 1 aromatic carbocycles. The second-order valence-corrected chi connectivity index (χ2v) is 8.80. The van der Waals surface area contributed by atoms with Crippen LogP contribution in [0.3, 0.4) is 0 Å². The standard InChI is InChI=1S/C27H28N4O4/c1-18-20(27(33)30(2)26-24(35-18)13-8-14-28-26)11-6-7-12-23(32)21-17-22-25(19-9-4-3-5-10-19)34-16-15-31(22)29-21/h3-6,8-11,13-14,17-18,20,25H,7,12,15-16H2,1-2H3/b11-6+/t18-,20+,25+/m1/s1. The van der Waals surface area contributed by atoms with Crippen LogP contribution in [0.5, 0.6) is 5.75 Å². The van der Waals surface area contributed by atoms with E-state index in [0.29, 0.717) is 43.3 Å². The predicted molar refractivity (Wildman–Crippen MR) is 130 cm³/mol. The molecule has 0 unspecified atom stereocenters. The van der Waals surface area contributed by atoms with E-state index in [9.17, 15) is 9.59 Å². The van der Waals surface area contributed by atoms with Crippen LogP contribution in [0, 0.1) is 5.92 Å². The summed E-state index contributed by atoms with van der Waals surface area (Å²) in [6.07, 6.45) is 5.58. The Balaban J connectivity index is 1.23. The van der Waals surface area contributed by atoms with Gasteiger partial charge in [-0.05, 0) is 37.1 Å². The zero-order valence-electron chi connectivity index (χ0n) is 19.8. The van der Waals surface area contributed by atoms with Gasteiger partial charge in [0.05, 0.1) is 24.8 Å². The number of benzene rings is 1. The van der Waals surface area contributed by atoms with Crippen LogP contribution in [0.2, 0.25) is 0 Å². The summed E-state index contributed by atoms with van der Waals surface area (Å²) in [5.41, 5.74) is 2.39. The maximum absolute atomic E-state index is 13.0. The molecule has 2 aromatic heterocycles. The van der Waals surface area contributed by atoms with Crippen molar-refractivity contribution in [2.45, 2.75) is 38.5 Å². The first-order valence-electron chi connectivity index (χ1n) is 11.9. The van der Waals surface area contributed by atoms with Crippen LogP contribution in [0.4, 0.5) is 5.82 Å². The minimum Gasteiger partial charge on any atom is -0.486 e. The molecule has 0 spiro atoms. The third kappa shape index (κ3) is 4.61. The van der Waals surface area contributed by atoms with Gasteiger partial charge in [0.15, 0.2) is 17.4 Å². The molecule has 2 aliphatic heterocycles. The van der Waals surface area contributed by atoms with Crippen LogP contribution in [-0.4, -0.2) is 46.2 Å². The maximum Gasteiger partial charge on any atom is 0.238 e. The first-order valence-corrected chi connectivity index (χ1v) is 11.9. The molecule has 0 bridgehead atoms. The van der Waals surface area contributed by atoms with Gasteiger partial charge >= 0.3 is 0 Å². The normalized spacial score (nSPS) is 21.8. The van der Waals surface area contributed by atoms with Gasteiger partial charge in [-0.15, -0.1) is 0 Å². The minimum absolute atomic E-state index is 0.0337. The van der Waals surface area contributed by atoms with Crippen molar-refractivity contribution in [3.8, 4) is 5.75 Å². The van der Waals surface area contributed by atoms with E-state index in [1.165, 1.54) is 4.90 Å². The van der Waals surface area contributed by atoms with E-state index in [1.807, 2.05) is 66.2 Å². The number of pyridine rings is 1. The molecule has 5 rings (SSSR count). The van der Waals surface area contributed by atoms with Crippen LogP contribution >= 0.6 is 0 Å². The largest absolute Gasteiger partial charge is 0.486 e. The first-order chi connectivity index (χ1) is 17.0. The fraction of sp³-hybridized carbons (Fsp3) is 0.333. The molecule has 0 aliphatic carbocycles. The lowest BCUT2D eigenvalue weighted by Crippen LogP contribution is -2.36. The van der Waals surface area contributed by atoms with Gasteiger partial charge in [0.2, 0.25) is 5.91 Å². The fourth-order valence-electron chi connectivity index (χ4n) is 4.55. The molecule has 0 saturated heterocycles. The highest BCUT2D eigenvalue weighted by Crippen LogP contribution is 2.32. The molecule has 180 valence electrons. The van der Waals surface area contributed by atoms with Crippen molar-refractivity contribution in [2.24, 2.45) is 5.92 Å². The van der Waals surface area contributed by atoms with Crippen LogP contribution in [0.25, 0.3) is 0 Å². The molecule has 3 aromatic rings. The van der Waals surface area contributed by atoms with Gasteiger partial charge in [0.25, 0.3) is 0 Å². The van der Waals surface area contributed by atoms with Crippen LogP contribution in [-0.2, 0) is 16.1 Å². The zero-order valence-corrected chi connectivity index (χ0v) is 19.8. The third-order valence-electron chi connectivity index (χ3n) is 6.44. The molecule has 0 radical (unpaired) electrons. The van der Waals surface area contributed by atoms with E-state index in [1.54, 1.807) is 19.3 Å². The number of Topliss-reactive ketones (excluding diaryl/α,β-unsaturated/α-hetero) is 1. The SMILES string of the molecule is C[C@H]1Oc2cccnc2N(C)C(=O)[C@H]1/C=C/CCC(=O)c1cc2n(n1)CCO[C@H]2c1ccccc1. The summed E-state index contributed by atoms with van der Waals surface area (Å²) in [5.74, 6) is 0.508. The molecule has 0 N–H and O–H groups in total. The predicted octanol–water partition coefficient (Wildman–Crippen LogP) is 3.98. The summed E-state index contributed by atoms with van der Waals surface area (Å²) in [4.78, 5) is 31.7. The van der Waals surface area contributed by atoms with Gasteiger partial charge in [0.1, 0.15) is 17.9 Å². The molecule has 8 heteroatoms. The van der Waals surface area contributed by atoms with Gasteiger partial charge in [-0.2, -0.15) is 5.10 Å². The Morgan fingerprint density at radius 3 is 2.86 bits per heavy atom. The summed E-state index contributed by atoms with van der Waals surface area (Å²) in [5, 5.41) is 4.54. The Hall–Kier alpha value is -3.78. The maximum atomic E-state index is 13.0. The van der Waals surface area contributed by atoms with Crippen molar-refractivity contribution >= 4 is 17.5 Å². The van der Waals surface area contributed by atoms with Crippen LogP contribution < -0.4 is 9.64 Å². The van der Waals surface area contributed by atoms with E-state index in [4.69, 9.17) is 9.47 Å². The lowest BCUT2D eigenvalue weighted by Gasteiger charge is -2.24. The minimum atomic E-state index is -0.465. The summed E-state index contributed by atoms with van der Waals surface area (Å²) >= 11 is 0. The van der Waals surface area contributed by atoms with Crippen molar-refractivity contribution in [2.75, 3.05) is 18.6 Å². The quantitative estimate of drug-likeness (QED) is 0.399. The molecule has 1 amide bonds. The molecule has 3 atom stereocenters. The topological polar surface area (TPSA) is 86.6 Å². The van der Waals surface area contributed by atoms with Crippen molar-refractivity contribution in [3.05, 3.63) is 83.8 Å². The second-order valence-electron chi connectivity index (χ2n) is 8.80. The van der Waals surface area contributed by atoms with Crippen molar-refractivity contribution in [3.63, 3.8) is 0 Å². The number of rotatable bonds is 6. The molecule has 0 saturated carbocycles. The molecule has 8 nitrogen and oxygen atoms in total. The van der Waals surface area contributed by atoms with Crippen LogP contribution in [0.15, 0.2) is 66.9 Å².